The minimum atomic E-state index is -0.150. The lowest BCUT2D eigenvalue weighted by Gasteiger charge is -2.07. The number of nitrogens with zero attached hydrogens (tertiary/aromatic N) is 3. The molecule has 0 saturated carbocycles. The van der Waals surface area contributed by atoms with Gasteiger partial charge in [0, 0.05) is 17.8 Å². The van der Waals surface area contributed by atoms with E-state index in [1.54, 1.807) is 35.6 Å². The van der Waals surface area contributed by atoms with Crippen molar-refractivity contribution in [2.75, 3.05) is 6.54 Å². The fourth-order valence-electron chi connectivity index (χ4n) is 2.35. The van der Waals surface area contributed by atoms with Crippen molar-refractivity contribution in [3.63, 3.8) is 0 Å². The minimum Gasteiger partial charge on any atom is -0.350 e. The number of hydrogen-bond donors (Lipinski definition) is 1. The van der Waals surface area contributed by atoms with Crippen molar-refractivity contribution < 1.29 is 4.79 Å². The van der Waals surface area contributed by atoms with Gasteiger partial charge in [-0.05, 0) is 48.7 Å². The number of nitriles is 1. The van der Waals surface area contributed by atoms with E-state index in [0.717, 1.165) is 16.3 Å². The summed E-state index contributed by atoms with van der Waals surface area (Å²) in [6.07, 6.45) is 0. The molecule has 6 heteroatoms. The summed E-state index contributed by atoms with van der Waals surface area (Å²) in [5.74, 6) is -0.150. The smallest absolute Gasteiger partial charge is 0.251 e. The van der Waals surface area contributed by atoms with Crippen molar-refractivity contribution in [3.8, 4) is 16.6 Å². The maximum atomic E-state index is 12.1. The van der Waals surface area contributed by atoms with E-state index in [2.05, 4.69) is 10.4 Å². The molecule has 3 aromatic rings. The van der Waals surface area contributed by atoms with Gasteiger partial charge < -0.3 is 5.32 Å². The Kier molecular flexibility index (Phi) is 4.73. The normalized spacial score (nSPS) is 10.3. The Hall–Kier alpha value is -2.91. The lowest BCUT2D eigenvalue weighted by atomic mass is 10.1. The first-order valence-corrected chi connectivity index (χ1v) is 8.42. The maximum absolute atomic E-state index is 12.1. The van der Waals surface area contributed by atoms with E-state index in [0.29, 0.717) is 24.2 Å². The van der Waals surface area contributed by atoms with Gasteiger partial charge >= 0.3 is 0 Å². The van der Waals surface area contributed by atoms with E-state index >= 15 is 0 Å². The van der Waals surface area contributed by atoms with Crippen molar-refractivity contribution in [2.45, 2.75) is 13.5 Å². The van der Waals surface area contributed by atoms with Crippen LogP contribution >= 0.6 is 11.3 Å². The van der Waals surface area contributed by atoms with Crippen LogP contribution in [0.4, 0.5) is 0 Å². The number of nitrogens with one attached hydrogen (secondary N) is 1. The van der Waals surface area contributed by atoms with E-state index in [-0.39, 0.29) is 5.91 Å². The van der Waals surface area contributed by atoms with Crippen LogP contribution in [0.25, 0.3) is 10.6 Å². The molecule has 1 amide bonds. The zero-order valence-electron chi connectivity index (χ0n) is 13.2. The summed E-state index contributed by atoms with van der Waals surface area (Å²) in [6, 6.07) is 14.7. The molecule has 2 aromatic heterocycles. The molecule has 0 fully saturated rings. The Morgan fingerprint density at radius 2 is 2.12 bits per heavy atom. The summed E-state index contributed by atoms with van der Waals surface area (Å²) >= 11 is 1.66. The molecule has 24 heavy (non-hydrogen) atoms. The first-order chi connectivity index (χ1) is 11.7. The second-order valence-electron chi connectivity index (χ2n) is 5.32. The fraction of sp³-hybridized carbons (Fsp3) is 0.167. The highest BCUT2D eigenvalue weighted by Gasteiger charge is 2.08. The standard InChI is InChI=1S/C18H16N4OS/c1-13-11-16(17-3-2-10-24-17)21-22(13)9-8-20-18(23)15-6-4-14(12-19)5-7-15/h2-7,10-11H,8-9H2,1H3,(H,20,23). The number of benzene rings is 1. The molecule has 0 aliphatic rings. The fourth-order valence-corrected chi connectivity index (χ4v) is 3.04. The molecule has 0 saturated heterocycles. The molecule has 0 aliphatic carbocycles. The predicted octanol–water partition coefficient (Wildman–Crippen LogP) is 3.22. The van der Waals surface area contributed by atoms with Gasteiger partial charge in [0.15, 0.2) is 0 Å². The van der Waals surface area contributed by atoms with E-state index < -0.39 is 0 Å². The molecule has 2 heterocycles. The number of aryl methyl sites for hydroxylation is 1. The topological polar surface area (TPSA) is 70.7 Å². The Labute approximate surface area is 144 Å². The van der Waals surface area contributed by atoms with Crippen molar-refractivity contribution in [1.29, 1.82) is 5.26 Å². The molecule has 0 unspecified atom stereocenters. The highest BCUT2D eigenvalue weighted by molar-refractivity contribution is 7.13. The van der Waals surface area contributed by atoms with Crippen LogP contribution < -0.4 is 5.32 Å². The van der Waals surface area contributed by atoms with Gasteiger partial charge in [0.05, 0.1) is 23.1 Å². The molecule has 1 N–H and O–H groups in total. The van der Waals surface area contributed by atoms with Crippen LogP contribution in [0.2, 0.25) is 0 Å². The number of amides is 1. The summed E-state index contributed by atoms with van der Waals surface area (Å²) in [7, 11) is 0. The predicted molar refractivity (Wildman–Crippen MR) is 93.8 cm³/mol. The molecule has 3 rings (SSSR count). The van der Waals surface area contributed by atoms with Crippen LogP contribution in [0.3, 0.4) is 0 Å². The third-order valence-electron chi connectivity index (χ3n) is 3.64. The molecule has 0 bridgehead atoms. The molecule has 0 aliphatic heterocycles. The molecule has 0 radical (unpaired) electrons. The van der Waals surface area contributed by atoms with Gasteiger partial charge in [0.1, 0.15) is 5.69 Å². The lowest BCUT2D eigenvalue weighted by molar-refractivity contribution is 0.0952. The Bertz CT molecular complexity index is 873. The quantitative estimate of drug-likeness (QED) is 0.777. The highest BCUT2D eigenvalue weighted by Crippen LogP contribution is 2.23. The van der Waals surface area contributed by atoms with E-state index in [1.807, 2.05) is 41.3 Å². The van der Waals surface area contributed by atoms with Gasteiger partial charge in [-0.1, -0.05) is 6.07 Å². The van der Waals surface area contributed by atoms with Gasteiger partial charge in [-0.3, -0.25) is 9.48 Å². The number of rotatable bonds is 5. The van der Waals surface area contributed by atoms with Gasteiger partial charge in [0.25, 0.3) is 5.91 Å². The largest absolute Gasteiger partial charge is 0.350 e. The number of carbonyl (C=O) groups excluding carboxylic acids is 1. The first-order valence-electron chi connectivity index (χ1n) is 7.54. The number of thiophene rings is 1. The minimum absolute atomic E-state index is 0.150. The van der Waals surface area contributed by atoms with Crippen molar-refractivity contribution >= 4 is 17.2 Å². The summed E-state index contributed by atoms with van der Waals surface area (Å²) < 4.78 is 1.90. The lowest BCUT2D eigenvalue weighted by Crippen LogP contribution is -2.27. The van der Waals surface area contributed by atoms with Gasteiger partial charge in [0.2, 0.25) is 0 Å². The monoisotopic (exact) mass is 336 g/mol. The van der Waals surface area contributed by atoms with Gasteiger partial charge in [-0.15, -0.1) is 11.3 Å². The zero-order valence-corrected chi connectivity index (χ0v) is 14.0. The zero-order chi connectivity index (χ0) is 16.9. The second kappa shape index (κ2) is 7.11. The van der Waals surface area contributed by atoms with Crippen LogP contribution in [0.5, 0.6) is 0 Å². The third kappa shape index (κ3) is 3.53. The molecular weight excluding hydrogens is 320 g/mol. The molecule has 0 atom stereocenters. The van der Waals surface area contributed by atoms with Crippen molar-refractivity contribution in [3.05, 3.63) is 64.7 Å². The third-order valence-corrected chi connectivity index (χ3v) is 4.53. The Balaban J connectivity index is 1.58. The summed E-state index contributed by atoms with van der Waals surface area (Å²) in [5, 5.41) is 18.3. The van der Waals surface area contributed by atoms with E-state index in [9.17, 15) is 4.79 Å². The SMILES string of the molecule is Cc1cc(-c2cccs2)nn1CCNC(=O)c1ccc(C#N)cc1. The summed E-state index contributed by atoms with van der Waals surface area (Å²) in [5.41, 5.74) is 3.11. The average molecular weight is 336 g/mol. The van der Waals surface area contributed by atoms with Gasteiger partial charge in [-0.25, -0.2) is 0 Å². The average Bonchev–Trinajstić information content (AvgIpc) is 3.25. The first kappa shape index (κ1) is 16.0. The number of hydrogen-bond acceptors (Lipinski definition) is 4. The Morgan fingerprint density at radius 3 is 2.79 bits per heavy atom. The number of carbonyl (C=O) groups is 1. The maximum Gasteiger partial charge on any atom is 0.251 e. The van der Waals surface area contributed by atoms with Crippen molar-refractivity contribution in [2.24, 2.45) is 0 Å². The molecule has 120 valence electrons. The van der Waals surface area contributed by atoms with Crippen LogP contribution in [0, 0.1) is 18.3 Å². The summed E-state index contributed by atoms with van der Waals surface area (Å²) in [6.45, 7) is 3.11. The van der Waals surface area contributed by atoms with E-state index in [1.165, 1.54) is 0 Å². The van der Waals surface area contributed by atoms with E-state index in [4.69, 9.17) is 5.26 Å². The van der Waals surface area contributed by atoms with Crippen molar-refractivity contribution in [1.82, 2.24) is 15.1 Å². The Morgan fingerprint density at radius 1 is 1.33 bits per heavy atom. The second-order valence-corrected chi connectivity index (χ2v) is 6.26. The summed E-state index contributed by atoms with van der Waals surface area (Å²) in [4.78, 5) is 13.2. The number of aromatic nitrogens is 2. The van der Waals surface area contributed by atoms with Crippen LogP contribution in [0.1, 0.15) is 21.6 Å². The highest BCUT2D eigenvalue weighted by atomic mass is 32.1. The molecular formula is C18H16N4OS. The molecule has 0 spiro atoms. The van der Waals surface area contributed by atoms with Crippen LogP contribution in [-0.2, 0) is 6.54 Å². The van der Waals surface area contributed by atoms with Crippen LogP contribution in [-0.4, -0.2) is 22.2 Å². The molecule has 5 nitrogen and oxygen atoms in total. The van der Waals surface area contributed by atoms with Gasteiger partial charge in [-0.2, -0.15) is 10.4 Å². The van der Waals surface area contributed by atoms with Crippen LogP contribution in [0.15, 0.2) is 47.8 Å². The molecule has 1 aromatic carbocycles.